The molecule has 0 N–H and O–H groups in total. The Kier molecular flexibility index (Phi) is 1.81. The smallest absolute Gasteiger partial charge is 0.177 e. The predicted molar refractivity (Wildman–Crippen MR) is 48.7 cm³/mol. The van der Waals surface area contributed by atoms with E-state index >= 15 is 0 Å². The summed E-state index contributed by atoms with van der Waals surface area (Å²) in [6.45, 7) is 1.85. The van der Waals surface area contributed by atoms with E-state index in [0.29, 0.717) is 17.9 Å². The second kappa shape index (κ2) is 2.85. The van der Waals surface area contributed by atoms with Gasteiger partial charge in [0.2, 0.25) is 0 Å². The van der Waals surface area contributed by atoms with Gasteiger partial charge in [0.15, 0.2) is 5.78 Å². The first-order valence-corrected chi connectivity index (χ1v) is 4.57. The highest BCUT2D eigenvalue weighted by atomic mass is 16.1. The summed E-state index contributed by atoms with van der Waals surface area (Å²) in [5.41, 5.74) is 2.44. The number of allylic oxidation sites excluding steroid dienone is 4. The van der Waals surface area contributed by atoms with Crippen molar-refractivity contribution in [3.05, 3.63) is 22.8 Å². The highest BCUT2D eigenvalue weighted by molar-refractivity contribution is 6.02. The Balaban J connectivity index is 2.34. The summed E-state index contributed by atoms with van der Waals surface area (Å²) < 4.78 is 0. The Morgan fingerprint density at radius 1 is 1.54 bits per heavy atom. The molecular weight excluding hydrogens is 162 g/mol. The molecule has 0 spiro atoms. The number of nitrogens with zero attached hydrogens (tertiary/aromatic N) is 1. The van der Waals surface area contributed by atoms with E-state index in [0.717, 1.165) is 5.57 Å². The van der Waals surface area contributed by atoms with Crippen molar-refractivity contribution in [2.45, 2.75) is 26.2 Å². The maximum Gasteiger partial charge on any atom is 0.177 e. The molecule has 1 fully saturated rings. The Morgan fingerprint density at radius 3 is 2.69 bits per heavy atom. The van der Waals surface area contributed by atoms with Crippen LogP contribution in [0.4, 0.5) is 0 Å². The topological polar surface area (TPSA) is 40.9 Å². The van der Waals surface area contributed by atoms with Crippen molar-refractivity contribution in [1.29, 1.82) is 5.26 Å². The lowest BCUT2D eigenvalue weighted by molar-refractivity contribution is -0.114. The van der Waals surface area contributed by atoms with Crippen molar-refractivity contribution < 1.29 is 4.79 Å². The Labute approximate surface area is 77.6 Å². The number of rotatable bonds is 1. The van der Waals surface area contributed by atoms with Gasteiger partial charge >= 0.3 is 0 Å². The van der Waals surface area contributed by atoms with Crippen LogP contribution in [0.15, 0.2) is 22.8 Å². The molecule has 2 rings (SSSR count). The summed E-state index contributed by atoms with van der Waals surface area (Å²) in [5.74, 6) is 0.642. The fourth-order valence-corrected chi connectivity index (χ4v) is 1.76. The highest BCUT2D eigenvalue weighted by Crippen LogP contribution is 2.40. The maximum atomic E-state index is 11.5. The summed E-state index contributed by atoms with van der Waals surface area (Å²) >= 11 is 0. The summed E-state index contributed by atoms with van der Waals surface area (Å²) in [6, 6.07) is 1.97. The molecule has 0 radical (unpaired) electrons. The molecule has 0 saturated heterocycles. The van der Waals surface area contributed by atoms with Crippen LogP contribution in [0, 0.1) is 17.2 Å². The monoisotopic (exact) mass is 173 g/mol. The molecule has 13 heavy (non-hydrogen) atoms. The fourth-order valence-electron chi connectivity index (χ4n) is 1.76. The third-order valence-electron chi connectivity index (χ3n) is 2.65. The van der Waals surface area contributed by atoms with Gasteiger partial charge in [-0.2, -0.15) is 5.26 Å². The van der Waals surface area contributed by atoms with E-state index in [9.17, 15) is 4.79 Å². The van der Waals surface area contributed by atoms with Gasteiger partial charge in [-0.05, 0) is 31.3 Å². The van der Waals surface area contributed by atoms with Crippen molar-refractivity contribution in [1.82, 2.24) is 0 Å². The molecule has 0 aliphatic heterocycles. The molecule has 0 amide bonds. The van der Waals surface area contributed by atoms with Gasteiger partial charge in [-0.15, -0.1) is 0 Å². The first-order valence-electron chi connectivity index (χ1n) is 4.57. The number of nitriles is 1. The van der Waals surface area contributed by atoms with Gasteiger partial charge in [-0.3, -0.25) is 4.79 Å². The Hall–Kier alpha value is -1.36. The summed E-state index contributed by atoms with van der Waals surface area (Å²) in [5, 5.41) is 8.71. The van der Waals surface area contributed by atoms with Gasteiger partial charge in [-0.1, -0.05) is 11.6 Å². The first kappa shape index (κ1) is 8.25. The zero-order valence-electron chi connectivity index (χ0n) is 7.63. The molecule has 0 aromatic heterocycles. The van der Waals surface area contributed by atoms with Gasteiger partial charge in [0, 0.05) is 6.42 Å². The molecule has 0 aromatic carbocycles. The third-order valence-corrected chi connectivity index (χ3v) is 2.65. The van der Waals surface area contributed by atoms with Crippen molar-refractivity contribution in [3.8, 4) is 6.07 Å². The van der Waals surface area contributed by atoms with Crippen LogP contribution in [0.1, 0.15) is 26.2 Å². The normalized spacial score (nSPS) is 22.8. The van der Waals surface area contributed by atoms with E-state index in [4.69, 9.17) is 5.26 Å². The molecule has 0 aromatic rings. The SMILES string of the molecule is CC1=C(C#N)C(=O)CC(C2CC2)=C1. The van der Waals surface area contributed by atoms with Crippen LogP contribution >= 0.6 is 0 Å². The van der Waals surface area contributed by atoms with Crippen LogP contribution in [0.5, 0.6) is 0 Å². The summed E-state index contributed by atoms with van der Waals surface area (Å²) in [4.78, 5) is 11.5. The van der Waals surface area contributed by atoms with Gasteiger partial charge in [0.25, 0.3) is 0 Å². The van der Waals surface area contributed by atoms with Gasteiger partial charge in [0.05, 0.1) is 5.57 Å². The van der Waals surface area contributed by atoms with E-state index in [2.05, 4.69) is 0 Å². The van der Waals surface area contributed by atoms with E-state index in [1.165, 1.54) is 18.4 Å². The van der Waals surface area contributed by atoms with E-state index < -0.39 is 0 Å². The van der Waals surface area contributed by atoms with Gasteiger partial charge in [0.1, 0.15) is 6.07 Å². The van der Waals surface area contributed by atoms with Crippen LogP contribution in [-0.2, 0) is 4.79 Å². The van der Waals surface area contributed by atoms with E-state index in [-0.39, 0.29) is 5.78 Å². The minimum atomic E-state index is 0.00407. The highest BCUT2D eigenvalue weighted by Gasteiger charge is 2.30. The van der Waals surface area contributed by atoms with Crippen LogP contribution < -0.4 is 0 Å². The van der Waals surface area contributed by atoms with Crippen LogP contribution in [0.3, 0.4) is 0 Å². The molecule has 0 heterocycles. The second-order valence-corrected chi connectivity index (χ2v) is 3.76. The van der Waals surface area contributed by atoms with Crippen LogP contribution in [-0.4, -0.2) is 5.78 Å². The van der Waals surface area contributed by atoms with Crippen molar-refractivity contribution in [3.63, 3.8) is 0 Å². The fraction of sp³-hybridized carbons (Fsp3) is 0.455. The second-order valence-electron chi connectivity index (χ2n) is 3.76. The predicted octanol–water partition coefficient (Wildman–Crippen LogP) is 2.14. The Bertz CT molecular complexity index is 364. The number of ketones is 1. The first-order chi connectivity index (χ1) is 6.22. The number of Topliss-reactive ketones (excluding diaryl/α,β-unsaturated/α-hetero) is 1. The minimum absolute atomic E-state index is 0.00407. The van der Waals surface area contributed by atoms with E-state index in [1.54, 1.807) is 0 Å². The molecule has 0 bridgehead atoms. The van der Waals surface area contributed by atoms with Crippen LogP contribution in [0.25, 0.3) is 0 Å². The molecule has 0 unspecified atom stereocenters. The maximum absolute atomic E-state index is 11.5. The molecule has 66 valence electrons. The average Bonchev–Trinajstić information content (AvgIpc) is 2.85. The third kappa shape index (κ3) is 1.42. The Morgan fingerprint density at radius 2 is 2.23 bits per heavy atom. The van der Waals surface area contributed by atoms with E-state index in [1.807, 2.05) is 19.1 Å². The molecular formula is C11H11NO. The largest absolute Gasteiger partial charge is 0.293 e. The van der Waals surface area contributed by atoms with Crippen LogP contribution in [0.2, 0.25) is 0 Å². The standard InChI is InChI=1S/C11H11NO/c1-7-4-9(8-2-3-8)5-11(13)10(7)6-12/h4,8H,2-3,5H2,1H3. The molecule has 2 aliphatic carbocycles. The lowest BCUT2D eigenvalue weighted by Crippen LogP contribution is -2.10. The lowest BCUT2D eigenvalue weighted by atomic mass is 9.90. The van der Waals surface area contributed by atoms with Crippen molar-refractivity contribution in [2.24, 2.45) is 5.92 Å². The molecule has 2 nitrogen and oxygen atoms in total. The summed E-state index contributed by atoms with van der Waals surface area (Å²) in [6.07, 6.45) is 4.94. The van der Waals surface area contributed by atoms with Crippen molar-refractivity contribution >= 4 is 5.78 Å². The lowest BCUT2D eigenvalue weighted by Gasteiger charge is -2.12. The number of hydrogen-bond acceptors (Lipinski definition) is 2. The van der Waals surface area contributed by atoms with Gasteiger partial charge in [-0.25, -0.2) is 0 Å². The minimum Gasteiger partial charge on any atom is -0.293 e. The number of carbonyl (C=O) groups excluding carboxylic acids is 1. The molecule has 0 atom stereocenters. The summed E-state index contributed by atoms with van der Waals surface area (Å²) in [7, 11) is 0. The van der Waals surface area contributed by atoms with Crippen molar-refractivity contribution in [2.75, 3.05) is 0 Å². The molecule has 2 heteroatoms. The zero-order chi connectivity index (χ0) is 9.42. The zero-order valence-corrected chi connectivity index (χ0v) is 7.63. The number of carbonyl (C=O) groups is 1. The number of hydrogen-bond donors (Lipinski definition) is 0. The quantitative estimate of drug-likeness (QED) is 0.609. The molecule has 1 saturated carbocycles. The van der Waals surface area contributed by atoms with Gasteiger partial charge < -0.3 is 0 Å². The molecule has 2 aliphatic rings. The average molecular weight is 173 g/mol.